The topological polar surface area (TPSA) is 33.2 Å². The van der Waals surface area contributed by atoms with Crippen LogP contribution in [0.4, 0.5) is 14.6 Å². The van der Waals surface area contributed by atoms with Gasteiger partial charge in [0.15, 0.2) is 0 Å². The summed E-state index contributed by atoms with van der Waals surface area (Å²) in [5.74, 6) is -0.571. The summed E-state index contributed by atoms with van der Waals surface area (Å²) in [6.07, 6.45) is -1.81. The lowest BCUT2D eigenvalue weighted by atomic mass is 10.2. The van der Waals surface area contributed by atoms with E-state index in [1.165, 1.54) is 12.1 Å². The standard InChI is InChI=1S/C9H10F2N2O/c1-13(2)7-4-3-6(5-12-7)8(14)9(10)11/h3-5,9H,1-2H3. The van der Waals surface area contributed by atoms with Gasteiger partial charge in [0.25, 0.3) is 0 Å². The number of aromatic nitrogens is 1. The molecule has 0 N–H and O–H groups in total. The number of ketones is 1. The Labute approximate surface area is 80.4 Å². The zero-order valence-electron chi connectivity index (χ0n) is 7.87. The third-order valence-electron chi connectivity index (χ3n) is 1.69. The summed E-state index contributed by atoms with van der Waals surface area (Å²) in [4.78, 5) is 16.4. The van der Waals surface area contributed by atoms with Gasteiger partial charge in [-0.15, -0.1) is 0 Å². The van der Waals surface area contributed by atoms with Gasteiger partial charge < -0.3 is 4.90 Å². The minimum Gasteiger partial charge on any atom is -0.363 e. The molecule has 0 saturated carbocycles. The normalized spacial score (nSPS) is 10.4. The summed E-state index contributed by atoms with van der Waals surface area (Å²) in [5, 5.41) is 0. The highest BCUT2D eigenvalue weighted by atomic mass is 19.3. The van der Waals surface area contributed by atoms with Crippen LogP contribution < -0.4 is 4.90 Å². The Morgan fingerprint density at radius 2 is 2.07 bits per heavy atom. The van der Waals surface area contributed by atoms with Gasteiger partial charge in [0.1, 0.15) is 5.82 Å². The van der Waals surface area contributed by atoms with Gasteiger partial charge in [-0.2, -0.15) is 0 Å². The molecule has 0 fully saturated rings. The smallest absolute Gasteiger partial charge is 0.300 e. The maximum absolute atomic E-state index is 12.0. The zero-order chi connectivity index (χ0) is 10.7. The molecule has 5 heteroatoms. The first-order valence-electron chi connectivity index (χ1n) is 3.98. The Kier molecular flexibility index (Phi) is 3.11. The van der Waals surface area contributed by atoms with Crippen LogP contribution in [0.2, 0.25) is 0 Å². The highest BCUT2D eigenvalue weighted by Gasteiger charge is 2.17. The molecule has 0 bridgehead atoms. The average Bonchev–Trinajstić information content (AvgIpc) is 2.16. The van der Waals surface area contributed by atoms with Crippen LogP contribution in [0.1, 0.15) is 10.4 Å². The summed E-state index contributed by atoms with van der Waals surface area (Å²) in [6, 6.07) is 2.87. The minimum atomic E-state index is -2.97. The first kappa shape index (κ1) is 10.6. The number of nitrogens with zero attached hydrogens (tertiary/aromatic N) is 2. The molecule has 0 radical (unpaired) electrons. The number of carbonyl (C=O) groups excluding carboxylic acids is 1. The van der Waals surface area contributed by atoms with Crippen LogP contribution in [0, 0.1) is 0 Å². The molecule has 0 saturated heterocycles. The van der Waals surface area contributed by atoms with E-state index in [1.54, 1.807) is 19.0 Å². The fourth-order valence-corrected chi connectivity index (χ4v) is 0.922. The molecule has 0 aliphatic heterocycles. The van der Waals surface area contributed by atoms with Gasteiger partial charge in [0.05, 0.1) is 0 Å². The molecule has 0 unspecified atom stereocenters. The summed E-state index contributed by atoms with van der Waals surface area (Å²) in [5.41, 5.74) is -0.0643. The number of carbonyl (C=O) groups is 1. The maximum atomic E-state index is 12.0. The van der Waals surface area contributed by atoms with E-state index in [-0.39, 0.29) is 5.56 Å². The summed E-state index contributed by atoms with van der Waals surface area (Å²) in [7, 11) is 3.55. The van der Waals surface area contributed by atoms with Gasteiger partial charge in [0, 0.05) is 25.9 Å². The number of pyridine rings is 1. The lowest BCUT2D eigenvalue weighted by Gasteiger charge is -2.10. The van der Waals surface area contributed by atoms with Crippen molar-refractivity contribution in [2.24, 2.45) is 0 Å². The average molecular weight is 200 g/mol. The second-order valence-corrected chi connectivity index (χ2v) is 2.96. The van der Waals surface area contributed by atoms with Crippen molar-refractivity contribution in [2.45, 2.75) is 6.43 Å². The monoisotopic (exact) mass is 200 g/mol. The van der Waals surface area contributed by atoms with Crippen molar-refractivity contribution in [3.63, 3.8) is 0 Å². The number of hydrogen-bond donors (Lipinski definition) is 0. The SMILES string of the molecule is CN(C)c1ccc(C(=O)C(F)F)cn1. The molecule has 76 valence electrons. The molecule has 1 aromatic rings. The van der Waals surface area contributed by atoms with Crippen molar-refractivity contribution < 1.29 is 13.6 Å². The van der Waals surface area contributed by atoms with Crippen molar-refractivity contribution in [3.05, 3.63) is 23.9 Å². The Balaban J connectivity index is 2.89. The van der Waals surface area contributed by atoms with E-state index in [4.69, 9.17) is 0 Å². The highest BCUT2D eigenvalue weighted by Crippen LogP contribution is 2.11. The summed E-state index contributed by atoms with van der Waals surface area (Å²) in [6.45, 7) is 0. The Hall–Kier alpha value is -1.52. The van der Waals surface area contributed by atoms with Crippen LogP contribution in [-0.2, 0) is 0 Å². The third kappa shape index (κ3) is 2.25. The molecular weight excluding hydrogens is 190 g/mol. The van der Waals surface area contributed by atoms with Crippen LogP contribution in [0.3, 0.4) is 0 Å². The molecule has 0 atom stereocenters. The van der Waals surface area contributed by atoms with Crippen LogP contribution >= 0.6 is 0 Å². The Morgan fingerprint density at radius 3 is 2.43 bits per heavy atom. The summed E-state index contributed by atoms with van der Waals surface area (Å²) < 4.78 is 24.0. The molecular formula is C9H10F2N2O. The number of anilines is 1. The number of alkyl halides is 2. The first-order valence-corrected chi connectivity index (χ1v) is 3.98. The van der Waals surface area contributed by atoms with Gasteiger partial charge >= 0.3 is 6.43 Å². The van der Waals surface area contributed by atoms with Gasteiger partial charge in [-0.05, 0) is 12.1 Å². The molecule has 1 heterocycles. The van der Waals surface area contributed by atoms with Gasteiger partial charge in [-0.25, -0.2) is 13.8 Å². The third-order valence-corrected chi connectivity index (χ3v) is 1.69. The minimum absolute atomic E-state index is 0.0643. The fraction of sp³-hybridized carbons (Fsp3) is 0.333. The molecule has 1 rings (SSSR count). The van der Waals surface area contributed by atoms with Gasteiger partial charge in [-0.1, -0.05) is 0 Å². The lowest BCUT2D eigenvalue weighted by molar-refractivity contribution is 0.0678. The van der Waals surface area contributed by atoms with Crippen LogP contribution in [-0.4, -0.2) is 31.3 Å². The fourth-order valence-electron chi connectivity index (χ4n) is 0.922. The summed E-state index contributed by atoms with van der Waals surface area (Å²) >= 11 is 0. The van der Waals surface area contributed by atoms with E-state index < -0.39 is 12.2 Å². The number of halogens is 2. The second-order valence-electron chi connectivity index (χ2n) is 2.96. The molecule has 0 aliphatic rings. The molecule has 0 spiro atoms. The number of rotatable bonds is 3. The molecule has 0 aromatic carbocycles. The largest absolute Gasteiger partial charge is 0.363 e. The highest BCUT2D eigenvalue weighted by molar-refractivity contribution is 5.98. The predicted octanol–water partition coefficient (Wildman–Crippen LogP) is 1.60. The van der Waals surface area contributed by atoms with Crippen LogP contribution in [0.15, 0.2) is 18.3 Å². The number of Topliss-reactive ketones (excluding diaryl/α,β-unsaturated/α-hetero) is 1. The quantitative estimate of drug-likeness (QED) is 0.695. The van der Waals surface area contributed by atoms with Crippen molar-refractivity contribution in [3.8, 4) is 0 Å². The van der Waals surface area contributed by atoms with Crippen molar-refractivity contribution in [1.29, 1.82) is 0 Å². The second kappa shape index (κ2) is 4.13. The van der Waals surface area contributed by atoms with Crippen LogP contribution in [0.5, 0.6) is 0 Å². The number of hydrogen-bond acceptors (Lipinski definition) is 3. The molecule has 3 nitrogen and oxygen atoms in total. The maximum Gasteiger partial charge on any atom is 0.300 e. The van der Waals surface area contributed by atoms with E-state index in [0.717, 1.165) is 6.20 Å². The van der Waals surface area contributed by atoms with E-state index >= 15 is 0 Å². The van der Waals surface area contributed by atoms with Crippen molar-refractivity contribution >= 4 is 11.6 Å². The molecule has 0 aliphatic carbocycles. The Bertz CT molecular complexity index is 322. The van der Waals surface area contributed by atoms with E-state index in [2.05, 4.69) is 4.98 Å². The first-order chi connectivity index (χ1) is 6.52. The predicted molar refractivity (Wildman–Crippen MR) is 48.9 cm³/mol. The van der Waals surface area contributed by atoms with Crippen molar-refractivity contribution in [2.75, 3.05) is 19.0 Å². The molecule has 1 aromatic heterocycles. The zero-order valence-corrected chi connectivity index (χ0v) is 7.87. The van der Waals surface area contributed by atoms with E-state index in [9.17, 15) is 13.6 Å². The van der Waals surface area contributed by atoms with Gasteiger partial charge in [-0.3, -0.25) is 4.79 Å². The van der Waals surface area contributed by atoms with E-state index in [1.807, 2.05) is 0 Å². The van der Waals surface area contributed by atoms with Gasteiger partial charge in [0.2, 0.25) is 5.78 Å². The molecule has 0 amide bonds. The lowest BCUT2D eigenvalue weighted by Crippen LogP contribution is -2.13. The Morgan fingerprint density at radius 1 is 1.43 bits per heavy atom. The van der Waals surface area contributed by atoms with E-state index in [0.29, 0.717) is 5.82 Å². The molecule has 14 heavy (non-hydrogen) atoms. The van der Waals surface area contributed by atoms with Crippen LogP contribution in [0.25, 0.3) is 0 Å². The van der Waals surface area contributed by atoms with Crippen molar-refractivity contribution in [1.82, 2.24) is 4.98 Å².